The molecule has 0 unspecified atom stereocenters. The quantitative estimate of drug-likeness (QED) is 0.409. The van der Waals surface area contributed by atoms with E-state index >= 15 is 0 Å². The van der Waals surface area contributed by atoms with Gasteiger partial charge in [0.1, 0.15) is 0 Å². The molecule has 0 radical (unpaired) electrons. The van der Waals surface area contributed by atoms with Crippen LogP contribution in [0.5, 0.6) is 0 Å². The highest BCUT2D eigenvalue weighted by Gasteiger charge is 2.14. The number of aliphatic hydroxyl groups is 2. The fourth-order valence-corrected chi connectivity index (χ4v) is 1.52. The van der Waals surface area contributed by atoms with Crippen LogP contribution < -0.4 is 10.6 Å². The lowest BCUT2D eigenvalue weighted by atomic mass is 10.1. The van der Waals surface area contributed by atoms with Crippen LogP contribution in [0.15, 0.2) is 0 Å². The standard InChI is InChI=1S/C12H26N2O3/c1-3-4-6-14-12(17)9-11(16)8-10(15)5-7-13-2/h10-11,13,15-16H,3-9H2,1-2H3,(H,14,17)/t10-,11-/m0/s1. The Morgan fingerprint density at radius 2 is 1.94 bits per heavy atom. The maximum atomic E-state index is 11.4. The lowest BCUT2D eigenvalue weighted by Crippen LogP contribution is -2.30. The van der Waals surface area contributed by atoms with E-state index in [2.05, 4.69) is 17.6 Å². The number of carbonyl (C=O) groups is 1. The zero-order valence-electron chi connectivity index (χ0n) is 10.9. The van der Waals surface area contributed by atoms with Gasteiger partial charge in [0.05, 0.1) is 18.6 Å². The van der Waals surface area contributed by atoms with E-state index in [1.165, 1.54) is 0 Å². The molecule has 0 aromatic carbocycles. The molecule has 0 bridgehead atoms. The third kappa shape index (κ3) is 10.2. The van der Waals surface area contributed by atoms with Gasteiger partial charge in [-0.1, -0.05) is 13.3 Å². The number of rotatable bonds is 10. The fourth-order valence-electron chi connectivity index (χ4n) is 1.52. The van der Waals surface area contributed by atoms with Crippen LogP contribution in [0.4, 0.5) is 0 Å². The van der Waals surface area contributed by atoms with E-state index in [-0.39, 0.29) is 18.7 Å². The van der Waals surface area contributed by atoms with Crippen molar-refractivity contribution < 1.29 is 15.0 Å². The van der Waals surface area contributed by atoms with Crippen LogP contribution in [0.3, 0.4) is 0 Å². The van der Waals surface area contributed by atoms with Gasteiger partial charge >= 0.3 is 0 Å². The zero-order valence-corrected chi connectivity index (χ0v) is 10.9. The highest BCUT2D eigenvalue weighted by atomic mass is 16.3. The minimum absolute atomic E-state index is 0.0698. The van der Waals surface area contributed by atoms with Crippen molar-refractivity contribution in [1.82, 2.24) is 10.6 Å². The highest BCUT2D eigenvalue weighted by molar-refractivity contribution is 5.76. The van der Waals surface area contributed by atoms with E-state index in [1.54, 1.807) is 0 Å². The molecule has 2 atom stereocenters. The summed E-state index contributed by atoms with van der Waals surface area (Å²) in [5.74, 6) is -0.147. The minimum atomic E-state index is -0.761. The van der Waals surface area contributed by atoms with Crippen molar-refractivity contribution in [2.75, 3.05) is 20.1 Å². The summed E-state index contributed by atoms with van der Waals surface area (Å²) in [6.45, 7) is 3.42. The first kappa shape index (κ1) is 16.4. The number of unbranched alkanes of at least 4 members (excludes halogenated alkanes) is 1. The molecule has 4 N–H and O–H groups in total. The molecule has 0 fully saturated rings. The molecule has 102 valence electrons. The topological polar surface area (TPSA) is 81.6 Å². The number of hydrogen-bond donors (Lipinski definition) is 4. The van der Waals surface area contributed by atoms with E-state index in [0.717, 1.165) is 12.8 Å². The summed E-state index contributed by atoms with van der Waals surface area (Å²) >= 11 is 0. The average molecular weight is 246 g/mol. The normalized spacial score (nSPS) is 14.4. The molecular weight excluding hydrogens is 220 g/mol. The van der Waals surface area contributed by atoms with Crippen LogP contribution in [-0.4, -0.2) is 48.5 Å². The van der Waals surface area contributed by atoms with Gasteiger partial charge in [-0.05, 0) is 32.9 Å². The Kier molecular flexibility index (Phi) is 10.1. The number of nitrogens with one attached hydrogen (secondary N) is 2. The smallest absolute Gasteiger partial charge is 0.222 e. The van der Waals surface area contributed by atoms with Gasteiger partial charge in [0.2, 0.25) is 5.91 Å². The Morgan fingerprint density at radius 3 is 2.53 bits per heavy atom. The summed E-state index contributed by atoms with van der Waals surface area (Å²) in [6.07, 6.45) is 1.58. The first-order chi connectivity index (χ1) is 8.10. The third-order valence-electron chi connectivity index (χ3n) is 2.55. The van der Waals surface area contributed by atoms with Crippen LogP contribution in [0, 0.1) is 0 Å². The van der Waals surface area contributed by atoms with Crippen molar-refractivity contribution >= 4 is 5.91 Å². The molecule has 0 saturated heterocycles. The summed E-state index contributed by atoms with van der Waals surface area (Å²) in [6, 6.07) is 0. The molecule has 0 aliphatic rings. The molecule has 0 heterocycles. The minimum Gasteiger partial charge on any atom is -0.393 e. The maximum Gasteiger partial charge on any atom is 0.222 e. The Hall–Kier alpha value is -0.650. The Labute approximate surface area is 104 Å². The van der Waals surface area contributed by atoms with E-state index in [9.17, 15) is 15.0 Å². The molecule has 0 spiro atoms. The molecule has 0 aromatic heterocycles. The second-order valence-electron chi connectivity index (χ2n) is 4.34. The Morgan fingerprint density at radius 1 is 1.24 bits per heavy atom. The summed E-state index contributed by atoms with van der Waals surface area (Å²) in [4.78, 5) is 11.4. The van der Waals surface area contributed by atoms with Crippen molar-refractivity contribution in [2.24, 2.45) is 0 Å². The van der Waals surface area contributed by atoms with Crippen LogP contribution >= 0.6 is 0 Å². The highest BCUT2D eigenvalue weighted by Crippen LogP contribution is 2.05. The lowest BCUT2D eigenvalue weighted by Gasteiger charge is -2.15. The zero-order chi connectivity index (χ0) is 13.1. The van der Waals surface area contributed by atoms with Gasteiger partial charge < -0.3 is 20.8 Å². The Bertz CT molecular complexity index is 200. The second kappa shape index (κ2) is 10.5. The molecule has 1 amide bonds. The number of amides is 1. The summed E-state index contributed by atoms with van der Waals surface area (Å²) in [5.41, 5.74) is 0. The average Bonchev–Trinajstić information content (AvgIpc) is 2.26. The number of aliphatic hydroxyl groups excluding tert-OH is 2. The van der Waals surface area contributed by atoms with E-state index < -0.39 is 12.2 Å². The van der Waals surface area contributed by atoms with E-state index in [4.69, 9.17) is 0 Å². The molecule has 0 aromatic rings. The largest absolute Gasteiger partial charge is 0.393 e. The van der Waals surface area contributed by atoms with Gasteiger partial charge in [-0.2, -0.15) is 0 Å². The van der Waals surface area contributed by atoms with Gasteiger partial charge in [-0.3, -0.25) is 4.79 Å². The van der Waals surface area contributed by atoms with Crippen molar-refractivity contribution in [1.29, 1.82) is 0 Å². The van der Waals surface area contributed by atoms with Crippen LogP contribution in [0.2, 0.25) is 0 Å². The predicted octanol–water partition coefficient (Wildman–Crippen LogP) is 0.0142. The van der Waals surface area contributed by atoms with Crippen molar-refractivity contribution in [2.45, 2.75) is 51.2 Å². The first-order valence-corrected chi connectivity index (χ1v) is 6.37. The lowest BCUT2D eigenvalue weighted by molar-refractivity contribution is -0.123. The fraction of sp³-hybridized carbons (Fsp3) is 0.917. The molecular formula is C12H26N2O3. The molecule has 5 nitrogen and oxygen atoms in total. The van der Waals surface area contributed by atoms with E-state index in [0.29, 0.717) is 19.5 Å². The van der Waals surface area contributed by atoms with E-state index in [1.807, 2.05) is 7.05 Å². The van der Waals surface area contributed by atoms with Crippen molar-refractivity contribution in [3.8, 4) is 0 Å². The number of hydrogen-bond acceptors (Lipinski definition) is 4. The van der Waals surface area contributed by atoms with Crippen LogP contribution in [0.25, 0.3) is 0 Å². The van der Waals surface area contributed by atoms with Gasteiger partial charge in [0.25, 0.3) is 0 Å². The molecule has 0 rings (SSSR count). The van der Waals surface area contributed by atoms with Gasteiger partial charge in [-0.25, -0.2) is 0 Å². The molecule has 0 aliphatic carbocycles. The monoisotopic (exact) mass is 246 g/mol. The third-order valence-corrected chi connectivity index (χ3v) is 2.55. The number of carbonyl (C=O) groups excluding carboxylic acids is 1. The summed E-state index contributed by atoms with van der Waals surface area (Å²) < 4.78 is 0. The second-order valence-corrected chi connectivity index (χ2v) is 4.34. The molecule has 5 heteroatoms. The first-order valence-electron chi connectivity index (χ1n) is 6.37. The SMILES string of the molecule is CCCCNC(=O)C[C@@H](O)C[C@@H](O)CCNC. The summed E-state index contributed by atoms with van der Waals surface area (Å²) in [7, 11) is 1.81. The van der Waals surface area contributed by atoms with Gasteiger partial charge in [0.15, 0.2) is 0 Å². The molecule has 17 heavy (non-hydrogen) atoms. The van der Waals surface area contributed by atoms with Gasteiger partial charge in [0, 0.05) is 6.54 Å². The molecule has 0 aliphatic heterocycles. The van der Waals surface area contributed by atoms with Crippen molar-refractivity contribution in [3.63, 3.8) is 0 Å². The Balaban J connectivity index is 3.62. The maximum absolute atomic E-state index is 11.4. The van der Waals surface area contributed by atoms with Crippen LogP contribution in [-0.2, 0) is 4.79 Å². The van der Waals surface area contributed by atoms with Gasteiger partial charge in [-0.15, -0.1) is 0 Å². The van der Waals surface area contributed by atoms with Crippen LogP contribution in [0.1, 0.15) is 39.0 Å². The summed E-state index contributed by atoms with van der Waals surface area (Å²) in [5, 5.41) is 24.8. The molecule has 0 saturated carbocycles. The predicted molar refractivity (Wildman–Crippen MR) is 67.7 cm³/mol. The van der Waals surface area contributed by atoms with Crippen molar-refractivity contribution in [3.05, 3.63) is 0 Å².